The third-order valence-corrected chi connectivity index (χ3v) is 6.70. The van der Waals surface area contributed by atoms with Gasteiger partial charge in [0.1, 0.15) is 11.9 Å². The highest BCUT2D eigenvalue weighted by molar-refractivity contribution is 5.80. The predicted molar refractivity (Wildman–Crippen MR) is 129 cm³/mol. The number of carbonyl (C=O) groups is 1. The summed E-state index contributed by atoms with van der Waals surface area (Å²) in [6, 6.07) is 20.1. The lowest BCUT2D eigenvalue weighted by atomic mass is 9.75. The molecule has 1 aromatic heterocycles. The molecule has 33 heavy (non-hydrogen) atoms. The Morgan fingerprint density at radius 1 is 1.12 bits per heavy atom. The molecule has 1 spiro atoms. The first kappa shape index (κ1) is 21.9. The van der Waals surface area contributed by atoms with E-state index in [1.165, 1.54) is 5.56 Å². The Morgan fingerprint density at radius 2 is 1.82 bits per heavy atom. The zero-order valence-electron chi connectivity index (χ0n) is 19.5. The van der Waals surface area contributed by atoms with Gasteiger partial charge in [0.2, 0.25) is 0 Å². The van der Waals surface area contributed by atoms with Crippen LogP contribution in [0.25, 0.3) is 11.3 Å². The normalized spacial score (nSPS) is 23.7. The molecule has 2 aromatic carbocycles. The van der Waals surface area contributed by atoms with Crippen LogP contribution in [0.3, 0.4) is 0 Å². The molecule has 2 N–H and O–H groups in total. The third kappa shape index (κ3) is 4.33. The van der Waals surface area contributed by atoms with Crippen molar-refractivity contribution in [2.45, 2.75) is 51.4 Å². The second-order valence-electron chi connectivity index (χ2n) is 10.3. The van der Waals surface area contributed by atoms with Gasteiger partial charge in [-0.25, -0.2) is 4.98 Å². The van der Waals surface area contributed by atoms with Crippen LogP contribution in [-0.2, 0) is 16.1 Å². The number of nitrogens with one attached hydrogen (secondary N) is 2. The summed E-state index contributed by atoms with van der Waals surface area (Å²) in [4.78, 5) is 18.3. The molecule has 6 heteroatoms. The Balaban J connectivity index is 1.59. The van der Waals surface area contributed by atoms with Gasteiger partial charge < -0.3 is 14.6 Å². The number of carbonyl (C=O) groups excluding carboxylic acids is 1. The second kappa shape index (κ2) is 8.43. The number of hydrogen-bond donors (Lipinski definition) is 2. The van der Waals surface area contributed by atoms with Gasteiger partial charge in [-0.15, -0.1) is 0 Å². The molecule has 172 valence electrons. The summed E-state index contributed by atoms with van der Waals surface area (Å²) in [5.41, 5.74) is 2.35. The topological polar surface area (TPSA) is 68.2 Å². The maximum absolute atomic E-state index is 13.2. The summed E-state index contributed by atoms with van der Waals surface area (Å²) in [6.07, 6.45) is 2.89. The maximum Gasteiger partial charge on any atom is 0.325 e. The van der Waals surface area contributed by atoms with E-state index in [-0.39, 0.29) is 17.3 Å². The van der Waals surface area contributed by atoms with Gasteiger partial charge in [-0.1, -0.05) is 81.4 Å². The minimum absolute atomic E-state index is 0.161. The molecule has 3 atom stereocenters. The van der Waals surface area contributed by atoms with Crippen molar-refractivity contribution in [2.75, 3.05) is 13.1 Å². The molecule has 1 unspecified atom stereocenters. The lowest BCUT2D eigenvalue weighted by Gasteiger charge is -2.34. The van der Waals surface area contributed by atoms with E-state index in [2.05, 4.69) is 78.6 Å². The average molecular weight is 445 g/mol. The molecule has 2 aliphatic rings. The minimum atomic E-state index is -0.607. The quantitative estimate of drug-likeness (QED) is 0.584. The number of esters is 1. The van der Waals surface area contributed by atoms with Crippen molar-refractivity contribution in [1.82, 2.24) is 20.2 Å². The monoisotopic (exact) mass is 444 g/mol. The van der Waals surface area contributed by atoms with Gasteiger partial charge in [0.15, 0.2) is 5.72 Å². The molecule has 2 aliphatic heterocycles. The Bertz CT molecular complexity index is 1110. The zero-order valence-corrected chi connectivity index (χ0v) is 19.5. The molecule has 6 nitrogen and oxygen atoms in total. The fraction of sp³-hybridized carbons (Fsp3) is 0.407. The lowest BCUT2D eigenvalue weighted by molar-refractivity contribution is -0.148. The van der Waals surface area contributed by atoms with Gasteiger partial charge in [-0.05, 0) is 11.0 Å². The maximum atomic E-state index is 13.2. The molecule has 3 aromatic rings. The molecule has 0 radical (unpaired) electrons. The van der Waals surface area contributed by atoms with Crippen LogP contribution in [0.5, 0.6) is 0 Å². The third-order valence-electron chi connectivity index (χ3n) is 6.70. The number of benzene rings is 2. The van der Waals surface area contributed by atoms with E-state index in [1.54, 1.807) is 0 Å². The largest absolute Gasteiger partial charge is 0.441 e. The van der Waals surface area contributed by atoms with Crippen LogP contribution in [0.15, 0.2) is 66.9 Å². The van der Waals surface area contributed by atoms with Crippen molar-refractivity contribution >= 4 is 5.97 Å². The van der Waals surface area contributed by atoms with Crippen LogP contribution in [0.1, 0.15) is 44.5 Å². The molecule has 0 aliphatic carbocycles. The van der Waals surface area contributed by atoms with Gasteiger partial charge in [0.05, 0.1) is 5.69 Å². The summed E-state index contributed by atoms with van der Waals surface area (Å²) >= 11 is 0. The van der Waals surface area contributed by atoms with E-state index in [9.17, 15) is 4.79 Å². The smallest absolute Gasteiger partial charge is 0.325 e. The standard InChI is InChI=1S/C27H32N4O2/c1-26(2,3)22(23-25(32)33-27(30-23)14-15-28-18-27)24-29-21(20-12-8-5-9-13-20)17-31(24)16-19-10-6-4-7-11-19/h4-13,17,22-23,28,30H,14-16,18H2,1-3H3/t22-,23?,27+/m1/s1. The van der Waals surface area contributed by atoms with Crippen molar-refractivity contribution < 1.29 is 9.53 Å². The van der Waals surface area contributed by atoms with Crippen molar-refractivity contribution in [1.29, 1.82) is 0 Å². The number of rotatable bonds is 5. The first-order chi connectivity index (χ1) is 15.8. The van der Waals surface area contributed by atoms with E-state index < -0.39 is 11.8 Å². The lowest BCUT2D eigenvalue weighted by Crippen LogP contribution is -2.49. The van der Waals surface area contributed by atoms with Crippen molar-refractivity contribution in [3.8, 4) is 11.3 Å². The highest BCUT2D eigenvalue weighted by Crippen LogP contribution is 2.42. The molecule has 0 bridgehead atoms. The van der Waals surface area contributed by atoms with Crippen LogP contribution in [0.4, 0.5) is 0 Å². The molecule has 0 amide bonds. The van der Waals surface area contributed by atoms with Crippen molar-refractivity contribution in [2.24, 2.45) is 5.41 Å². The number of imidazole rings is 1. The molecular weight excluding hydrogens is 412 g/mol. The summed E-state index contributed by atoms with van der Waals surface area (Å²) < 4.78 is 8.13. The molecule has 0 saturated carbocycles. The molecule has 2 fully saturated rings. The van der Waals surface area contributed by atoms with Crippen LogP contribution in [-0.4, -0.2) is 40.4 Å². The summed E-state index contributed by atoms with van der Waals surface area (Å²) in [7, 11) is 0. The first-order valence-electron chi connectivity index (χ1n) is 11.7. The van der Waals surface area contributed by atoms with Crippen LogP contribution in [0.2, 0.25) is 0 Å². The van der Waals surface area contributed by atoms with Gasteiger partial charge in [-0.2, -0.15) is 0 Å². The van der Waals surface area contributed by atoms with Crippen molar-refractivity contribution in [3.63, 3.8) is 0 Å². The first-order valence-corrected chi connectivity index (χ1v) is 11.7. The summed E-state index contributed by atoms with van der Waals surface area (Å²) in [5, 5.41) is 6.90. The van der Waals surface area contributed by atoms with Gasteiger partial charge in [0.25, 0.3) is 0 Å². The van der Waals surface area contributed by atoms with E-state index >= 15 is 0 Å². The van der Waals surface area contributed by atoms with Crippen LogP contribution < -0.4 is 10.6 Å². The zero-order chi connectivity index (χ0) is 23.1. The fourth-order valence-electron chi connectivity index (χ4n) is 5.10. The van der Waals surface area contributed by atoms with E-state index in [1.807, 2.05) is 24.3 Å². The number of hydrogen-bond acceptors (Lipinski definition) is 5. The Labute approximate surface area is 195 Å². The number of aromatic nitrogens is 2. The Kier molecular flexibility index (Phi) is 5.59. The summed E-state index contributed by atoms with van der Waals surface area (Å²) in [6.45, 7) is 8.70. The second-order valence-corrected chi connectivity index (χ2v) is 10.3. The molecule has 3 heterocycles. The molecule has 5 rings (SSSR count). The highest BCUT2D eigenvalue weighted by Gasteiger charge is 2.53. The van der Waals surface area contributed by atoms with Gasteiger partial charge in [0, 0.05) is 43.7 Å². The average Bonchev–Trinajstić information content (AvgIpc) is 3.49. The van der Waals surface area contributed by atoms with E-state index in [4.69, 9.17) is 9.72 Å². The van der Waals surface area contributed by atoms with Crippen LogP contribution >= 0.6 is 0 Å². The van der Waals surface area contributed by atoms with Crippen molar-refractivity contribution in [3.05, 3.63) is 78.2 Å². The minimum Gasteiger partial charge on any atom is -0.441 e. The molecular formula is C27H32N4O2. The number of ether oxygens (including phenoxy) is 1. The van der Waals surface area contributed by atoms with Gasteiger partial charge in [-0.3, -0.25) is 10.1 Å². The van der Waals surface area contributed by atoms with Crippen LogP contribution in [0, 0.1) is 5.41 Å². The SMILES string of the molecule is CC(C)(C)[C@@H](c1nc(-c2ccccc2)cn1Cc1ccccc1)C1N[C@@]2(CCNC2)OC1=O. The highest BCUT2D eigenvalue weighted by atomic mass is 16.6. The number of nitrogens with zero attached hydrogens (tertiary/aromatic N) is 2. The van der Waals surface area contributed by atoms with Gasteiger partial charge >= 0.3 is 5.97 Å². The molecule has 2 saturated heterocycles. The summed E-state index contributed by atoms with van der Waals surface area (Å²) in [5.74, 6) is 0.558. The Hall–Kier alpha value is -2.96. The van der Waals surface area contributed by atoms with E-state index in [0.29, 0.717) is 13.1 Å². The Morgan fingerprint density at radius 3 is 2.45 bits per heavy atom. The van der Waals surface area contributed by atoms with E-state index in [0.717, 1.165) is 30.0 Å². The predicted octanol–water partition coefficient (Wildman–Crippen LogP) is 3.93. The fourth-order valence-corrected chi connectivity index (χ4v) is 5.10.